The minimum absolute atomic E-state index is 0.00689. The number of sulfonamides is 1. The molecule has 2 aromatic heterocycles. The molecule has 1 N–H and O–H groups in total. The van der Waals surface area contributed by atoms with Crippen LogP contribution in [0, 0.1) is 0 Å². The molecule has 3 aliphatic rings. The molecule has 2 atom stereocenters. The molecule has 2 unspecified atom stereocenters. The minimum Gasteiger partial charge on any atom is -0.444 e. The number of oxazole rings is 1. The predicted octanol–water partition coefficient (Wildman–Crippen LogP) is 3.06. The van der Waals surface area contributed by atoms with E-state index in [1.165, 1.54) is 24.5 Å². The van der Waals surface area contributed by atoms with Gasteiger partial charge in [0, 0.05) is 24.7 Å². The first-order valence-corrected chi connectivity index (χ1v) is 13.0. The summed E-state index contributed by atoms with van der Waals surface area (Å²) in [6.07, 6.45) is 2.26. The molecule has 6 rings (SSSR count). The fourth-order valence-electron chi connectivity index (χ4n) is 4.34. The molecule has 3 aliphatic heterocycles. The number of benzene rings is 1. The van der Waals surface area contributed by atoms with Gasteiger partial charge in [-0.2, -0.15) is 4.98 Å². The van der Waals surface area contributed by atoms with Crippen LogP contribution in [0.4, 0.5) is 10.8 Å². The van der Waals surface area contributed by atoms with Gasteiger partial charge in [-0.15, -0.1) is 11.3 Å². The van der Waals surface area contributed by atoms with Gasteiger partial charge in [0.1, 0.15) is 21.0 Å². The Morgan fingerprint density at radius 1 is 1.27 bits per heavy atom. The Hall–Kier alpha value is -2.70. The van der Waals surface area contributed by atoms with E-state index < -0.39 is 15.6 Å². The van der Waals surface area contributed by atoms with Crippen molar-refractivity contribution >= 4 is 44.6 Å². The molecule has 33 heavy (non-hydrogen) atoms. The summed E-state index contributed by atoms with van der Waals surface area (Å²) >= 11 is 1.43. The van der Waals surface area contributed by atoms with Gasteiger partial charge in [0.25, 0.3) is 6.01 Å². The van der Waals surface area contributed by atoms with Crippen molar-refractivity contribution in [2.45, 2.75) is 49.8 Å². The predicted molar refractivity (Wildman–Crippen MR) is 124 cm³/mol. The van der Waals surface area contributed by atoms with Gasteiger partial charge in [-0.25, -0.2) is 22.9 Å². The molecule has 5 heterocycles. The molecule has 3 fully saturated rings. The first-order chi connectivity index (χ1) is 15.6. The van der Waals surface area contributed by atoms with Crippen LogP contribution in [0.1, 0.15) is 27.2 Å². The highest BCUT2D eigenvalue weighted by molar-refractivity contribution is 7.89. The Bertz CT molecular complexity index is 1300. The van der Waals surface area contributed by atoms with Gasteiger partial charge in [-0.3, -0.25) is 4.90 Å². The average Bonchev–Trinajstić information content (AvgIpc) is 3.41. The average molecular weight is 492 g/mol. The van der Waals surface area contributed by atoms with Gasteiger partial charge in [0.2, 0.25) is 10.0 Å². The number of nitrogens with zero attached hydrogens (tertiary/aromatic N) is 4. The molecular weight excluding hydrogens is 466 g/mol. The van der Waals surface area contributed by atoms with Crippen LogP contribution in [0.15, 0.2) is 33.0 Å². The van der Waals surface area contributed by atoms with Crippen LogP contribution < -0.4 is 9.62 Å². The number of ether oxygens (including phenoxy) is 1. The van der Waals surface area contributed by atoms with E-state index in [1.54, 1.807) is 17.2 Å². The number of fused-ring (bicyclic) bond motifs is 3. The van der Waals surface area contributed by atoms with E-state index in [-0.39, 0.29) is 28.6 Å². The number of piperidine rings is 1. The number of hydrogen-bond donors (Lipinski definition) is 1. The lowest BCUT2D eigenvalue weighted by Crippen LogP contribution is -2.70. The van der Waals surface area contributed by atoms with E-state index in [2.05, 4.69) is 14.7 Å². The number of hydrogen-bond acceptors (Lipinski definition) is 9. The van der Waals surface area contributed by atoms with Crippen molar-refractivity contribution in [3.05, 3.63) is 23.7 Å². The summed E-state index contributed by atoms with van der Waals surface area (Å²) < 4.78 is 39.3. The lowest BCUT2D eigenvalue weighted by atomic mass is 9.88. The third kappa shape index (κ3) is 3.85. The van der Waals surface area contributed by atoms with Crippen molar-refractivity contribution in [1.82, 2.24) is 19.6 Å². The summed E-state index contributed by atoms with van der Waals surface area (Å²) in [5.41, 5.74) is 0.767. The summed E-state index contributed by atoms with van der Waals surface area (Å²) in [5, 5.41) is 2.56. The Morgan fingerprint density at radius 3 is 2.61 bits per heavy atom. The quantitative estimate of drug-likeness (QED) is 0.592. The largest absolute Gasteiger partial charge is 0.444 e. The van der Waals surface area contributed by atoms with Gasteiger partial charge < -0.3 is 14.1 Å². The molecule has 176 valence electrons. The van der Waals surface area contributed by atoms with Crippen molar-refractivity contribution in [3.8, 4) is 10.6 Å². The van der Waals surface area contributed by atoms with E-state index in [4.69, 9.17) is 9.15 Å². The second-order valence-corrected chi connectivity index (χ2v) is 11.9. The molecule has 3 aromatic rings. The molecule has 2 bridgehead atoms. The lowest BCUT2D eigenvalue weighted by Gasteiger charge is -2.55. The number of anilines is 1. The van der Waals surface area contributed by atoms with Crippen LogP contribution in [0.2, 0.25) is 0 Å². The highest BCUT2D eigenvalue weighted by Crippen LogP contribution is 2.39. The Labute approximate surface area is 195 Å². The maximum atomic E-state index is 12.6. The lowest BCUT2D eigenvalue weighted by molar-refractivity contribution is -0.0386. The monoisotopic (exact) mass is 491 g/mol. The number of carbonyl (C=O) groups excluding carboxylic acids is 1. The van der Waals surface area contributed by atoms with Crippen LogP contribution in [-0.4, -0.2) is 67.2 Å². The van der Waals surface area contributed by atoms with Crippen LogP contribution in [0.5, 0.6) is 0 Å². The van der Waals surface area contributed by atoms with Gasteiger partial charge in [-0.05, 0) is 46.4 Å². The third-order valence-corrected chi connectivity index (χ3v) is 8.04. The zero-order valence-corrected chi connectivity index (χ0v) is 20.4. The van der Waals surface area contributed by atoms with Crippen molar-refractivity contribution in [2.75, 3.05) is 25.0 Å². The second-order valence-electron chi connectivity index (χ2n) is 9.17. The summed E-state index contributed by atoms with van der Waals surface area (Å²) in [6.45, 7) is 6.61. The maximum Gasteiger partial charge on any atom is 0.410 e. The Kier molecular flexibility index (Phi) is 5.14. The summed E-state index contributed by atoms with van der Waals surface area (Å²) in [6, 6.07) is 3.54. The molecule has 0 saturated carbocycles. The number of amides is 1. The summed E-state index contributed by atoms with van der Waals surface area (Å²) in [4.78, 5) is 25.3. The highest BCUT2D eigenvalue weighted by Gasteiger charge is 2.49. The summed E-state index contributed by atoms with van der Waals surface area (Å²) in [7, 11) is -2.38. The van der Waals surface area contributed by atoms with E-state index in [0.717, 1.165) is 6.42 Å². The topological polar surface area (TPSA) is 118 Å². The van der Waals surface area contributed by atoms with Crippen LogP contribution in [0.25, 0.3) is 21.7 Å². The highest BCUT2D eigenvalue weighted by atomic mass is 32.2. The van der Waals surface area contributed by atoms with Crippen LogP contribution in [0.3, 0.4) is 0 Å². The minimum atomic E-state index is -3.74. The molecule has 0 spiro atoms. The number of piperazine rings is 1. The first kappa shape index (κ1) is 22.1. The van der Waals surface area contributed by atoms with E-state index in [0.29, 0.717) is 35.3 Å². The molecule has 1 aromatic carbocycles. The molecule has 3 saturated heterocycles. The Morgan fingerprint density at radius 2 is 2.00 bits per heavy atom. The van der Waals surface area contributed by atoms with Crippen LogP contribution in [-0.2, 0) is 14.8 Å². The van der Waals surface area contributed by atoms with Gasteiger partial charge >= 0.3 is 6.09 Å². The third-order valence-electron chi connectivity index (χ3n) is 5.78. The molecule has 1 amide bonds. The first-order valence-electron chi connectivity index (χ1n) is 10.6. The number of thiazole rings is 1. The Balaban J connectivity index is 1.49. The summed E-state index contributed by atoms with van der Waals surface area (Å²) in [5.74, 6) is 0. The molecular formula is C21H25N5O5S2. The number of carbonyl (C=O) groups is 1. The SMILES string of the molecule is CNS(=O)(=O)c1ccc(-c2nccs2)c2oc(N3CC4CC(C3)N4C(=O)OC(C)(C)C)nc12. The fraction of sp³-hybridized carbons (Fsp3) is 0.476. The molecule has 10 nitrogen and oxygen atoms in total. The number of nitrogens with one attached hydrogen (secondary N) is 1. The smallest absolute Gasteiger partial charge is 0.410 e. The van der Waals surface area contributed by atoms with E-state index in [1.807, 2.05) is 31.1 Å². The standard InChI is InChI=1S/C21H25N5O5S2/c1-21(2,3)31-20(27)26-12-9-13(26)11-25(10-12)19-24-16-15(33(28,29)22-4)6-5-14(17(16)30-19)18-23-7-8-32-18/h5-8,12-13,22H,9-11H2,1-4H3. The zero-order chi connectivity index (χ0) is 23.5. The van der Waals surface area contributed by atoms with Gasteiger partial charge in [-0.1, -0.05) is 0 Å². The fourth-order valence-corrected chi connectivity index (χ4v) is 5.86. The molecule has 0 radical (unpaired) electrons. The zero-order valence-electron chi connectivity index (χ0n) is 18.7. The second kappa shape index (κ2) is 7.67. The van der Waals surface area contributed by atoms with E-state index >= 15 is 0 Å². The number of rotatable bonds is 4. The van der Waals surface area contributed by atoms with Crippen molar-refractivity contribution in [3.63, 3.8) is 0 Å². The van der Waals surface area contributed by atoms with Crippen molar-refractivity contribution < 1.29 is 22.4 Å². The van der Waals surface area contributed by atoms with Crippen molar-refractivity contribution in [2.24, 2.45) is 0 Å². The number of aromatic nitrogens is 2. The van der Waals surface area contributed by atoms with Crippen LogP contribution >= 0.6 is 11.3 Å². The normalized spacial score (nSPS) is 20.7. The van der Waals surface area contributed by atoms with Crippen molar-refractivity contribution in [1.29, 1.82) is 0 Å². The maximum absolute atomic E-state index is 12.6. The molecule has 12 heteroatoms. The van der Waals surface area contributed by atoms with Gasteiger partial charge in [0.15, 0.2) is 5.58 Å². The van der Waals surface area contributed by atoms with Gasteiger partial charge in [0.05, 0.1) is 17.6 Å². The van der Waals surface area contributed by atoms with E-state index in [9.17, 15) is 13.2 Å². The molecule has 0 aliphatic carbocycles.